The molecule has 1 aliphatic rings. The average molecular weight is 512 g/mol. The lowest BCUT2D eigenvalue weighted by Gasteiger charge is -2.32. The quantitative estimate of drug-likeness (QED) is 0.493. The van der Waals surface area contributed by atoms with Crippen molar-refractivity contribution in [2.45, 2.75) is 37.8 Å². The maximum atomic E-state index is 13.4. The standard InChI is InChI=1S/C26H29N3O6S/c1-17(2)16-35-26(32)27-21-8-4-18(5-9-21)19-6-10-22(11-7-19)36(33,34)29-15-20-12-13-28(3)23(20)14-24(29)25(30)31/h4-13,17,24H,14-16H2,1-3H3,(H,27,32)(H,30,31)/t24-/m1/s1. The Bertz CT molecular complexity index is 1360. The summed E-state index contributed by atoms with van der Waals surface area (Å²) in [6.45, 7) is 4.24. The van der Waals surface area contributed by atoms with Crippen LogP contribution in [0, 0.1) is 5.92 Å². The summed E-state index contributed by atoms with van der Waals surface area (Å²) in [6, 6.07) is 14.1. The molecule has 2 N–H and O–H groups in total. The van der Waals surface area contributed by atoms with E-state index in [0.29, 0.717) is 12.3 Å². The first-order valence-electron chi connectivity index (χ1n) is 11.6. The van der Waals surface area contributed by atoms with Crippen molar-refractivity contribution in [3.05, 3.63) is 72.1 Å². The number of hydrogen-bond acceptors (Lipinski definition) is 5. The van der Waals surface area contributed by atoms with E-state index in [1.165, 1.54) is 12.1 Å². The molecule has 1 atom stereocenters. The minimum Gasteiger partial charge on any atom is -0.480 e. The van der Waals surface area contributed by atoms with Crippen LogP contribution < -0.4 is 5.32 Å². The molecule has 36 heavy (non-hydrogen) atoms. The van der Waals surface area contributed by atoms with Crippen molar-refractivity contribution in [2.24, 2.45) is 13.0 Å². The molecule has 0 bridgehead atoms. The van der Waals surface area contributed by atoms with Gasteiger partial charge in [-0.05, 0) is 52.9 Å². The molecule has 2 heterocycles. The van der Waals surface area contributed by atoms with E-state index in [4.69, 9.17) is 4.74 Å². The highest BCUT2D eigenvalue weighted by Crippen LogP contribution is 2.31. The number of aryl methyl sites for hydroxylation is 1. The largest absolute Gasteiger partial charge is 0.480 e. The molecule has 0 spiro atoms. The Hall–Kier alpha value is -3.63. The van der Waals surface area contributed by atoms with Crippen LogP contribution in [-0.4, -0.2) is 47.1 Å². The van der Waals surface area contributed by atoms with E-state index in [0.717, 1.165) is 26.7 Å². The minimum atomic E-state index is -4.04. The van der Waals surface area contributed by atoms with Gasteiger partial charge in [0.25, 0.3) is 0 Å². The predicted octanol–water partition coefficient (Wildman–Crippen LogP) is 4.10. The van der Waals surface area contributed by atoms with Crippen molar-refractivity contribution in [3.63, 3.8) is 0 Å². The molecule has 2 aromatic carbocycles. The topological polar surface area (TPSA) is 118 Å². The first-order chi connectivity index (χ1) is 17.1. The summed E-state index contributed by atoms with van der Waals surface area (Å²) in [7, 11) is -2.22. The number of fused-ring (bicyclic) bond motifs is 1. The maximum Gasteiger partial charge on any atom is 0.411 e. The van der Waals surface area contributed by atoms with Crippen LogP contribution in [0.25, 0.3) is 11.1 Å². The summed E-state index contributed by atoms with van der Waals surface area (Å²) < 4.78 is 34.8. The summed E-state index contributed by atoms with van der Waals surface area (Å²) in [5.41, 5.74) is 3.82. The van der Waals surface area contributed by atoms with Gasteiger partial charge in [0.1, 0.15) is 6.04 Å². The molecule has 4 rings (SSSR count). The van der Waals surface area contributed by atoms with Crippen molar-refractivity contribution in [1.29, 1.82) is 0 Å². The molecule has 0 unspecified atom stereocenters. The second kappa shape index (κ2) is 10.2. The number of sulfonamides is 1. The average Bonchev–Trinajstić information content (AvgIpc) is 3.22. The second-order valence-corrected chi connectivity index (χ2v) is 11.1. The Balaban J connectivity index is 1.50. The number of nitrogens with one attached hydrogen (secondary N) is 1. The molecule has 0 radical (unpaired) electrons. The van der Waals surface area contributed by atoms with Gasteiger partial charge in [-0.3, -0.25) is 10.1 Å². The number of aromatic nitrogens is 1. The van der Waals surface area contributed by atoms with Gasteiger partial charge in [0, 0.05) is 37.6 Å². The number of amides is 1. The predicted molar refractivity (Wildman–Crippen MR) is 135 cm³/mol. The van der Waals surface area contributed by atoms with Crippen molar-refractivity contribution < 1.29 is 27.9 Å². The summed E-state index contributed by atoms with van der Waals surface area (Å²) in [6.07, 6.45) is 1.40. The molecule has 0 saturated heterocycles. The van der Waals surface area contributed by atoms with Crippen molar-refractivity contribution in [3.8, 4) is 11.1 Å². The lowest BCUT2D eigenvalue weighted by Crippen LogP contribution is -2.48. The number of nitrogens with zero attached hydrogens (tertiary/aromatic N) is 2. The molecule has 0 fully saturated rings. The Morgan fingerprint density at radius 2 is 1.67 bits per heavy atom. The summed E-state index contributed by atoms with van der Waals surface area (Å²) in [4.78, 5) is 23.8. The third-order valence-electron chi connectivity index (χ3n) is 6.11. The van der Waals surface area contributed by atoms with Crippen LogP contribution >= 0.6 is 0 Å². The van der Waals surface area contributed by atoms with Gasteiger partial charge in [0.15, 0.2) is 0 Å². The number of anilines is 1. The number of carboxylic acid groups (broad SMARTS) is 1. The van der Waals surface area contributed by atoms with Gasteiger partial charge in [-0.1, -0.05) is 38.1 Å². The molecular formula is C26H29N3O6S. The lowest BCUT2D eigenvalue weighted by atomic mass is 10.0. The zero-order chi connectivity index (χ0) is 26.0. The Morgan fingerprint density at radius 3 is 2.25 bits per heavy atom. The number of carbonyl (C=O) groups excluding carboxylic acids is 1. The van der Waals surface area contributed by atoms with Crippen LogP contribution in [0.5, 0.6) is 0 Å². The minimum absolute atomic E-state index is 0.00525. The zero-order valence-corrected chi connectivity index (χ0v) is 21.2. The molecule has 190 valence electrons. The van der Waals surface area contributed by atoms with E-state index < -0.39 is 28.1 Å². The third-order valence-corrected chi connectivity index (χ3v) is 7.98. The summed E-state index contributed by atoms with van der Waals surface area (Å²) in [5.74, 6) is -0.936. The summed E-state index contributed by atoms with van der Waals surface area (Å²) >= 11 is 0. The third kappa shape index (κ3) is 5.29. The first-order valence-corrected chi connectivity index (χ1v) is 13.0. The van der Waals surface area contributed by atoms with Crippen molar-refractivity contribution in [1.82, 2.24) is 8.87 Å². The Morgan fingerprint density at radius 1 is 1.06 bits per heavy atom. The van der Waals surface area contributed by atoms with Crippen molar-refractivity contribution in [2.75, 3.05) is 11.9 Å². The van der Waals surface area contributed by atoms with E-state index in [1.54, 1.807) is 24.3 Å². The van der Waals surface area contributed by atoms with E-state index in [2.05, 4.69) is 5.32 Å². The number of benzene rings is 2. The normalized spacial score (nSPS) is 15.9. The van der Waals surface area contributed by atoms with Gasteiger partial charge in [-0.25, -0.2) is 13.2 Å². The monoisotopic (exact) mass is 511 g/mol. The molecule has 0 saturated carbocycles. The van der Waals surface area contributed by atoms with Crippen LogP contribution in [0.3, 0.4) is 0 Å². The van der Waals surface area contributed by atoms with Crippen LogP contribution in [0.4, 0.5) is 10.5 Å². The van der Waals surface area contributed by atoms with Crippen LogP contribution in [0.1, 0.15) is 25.1 Å². The van der Waals surface area contributed by atoms with Gasteiger partial charge in [-0.2, -0.15) is 4.31 Å². The smallest absolute Gasteiger partial charge is 0.411 e. The van der Waals surface area contributed by atoms with Gasteiger partial charge >= 0.3 is 12.1 Å². The zero-order valence-electron chi connectivity index (χ0n) is 20.3. The molecule has 1 aliphatic heterocycles. The van der Waals surface area contributed by atoms with E-state index in [-0.39, 0.29) is 23.8 Å². The summed E-state index contributed by atoms with van der Waals surface area (Å²) in [5, 5.41) is 12.4. The molecule has 10 heteroatoms. The van der Waals surface area contributed by atoms with E-state index in [9.17, 15) is 23.1 Å². The van der Waals surface area contributed by atoms with Gasteiger partial charge in [0.2, 0.25) is 10.0 Å². The van der Waals surface area contributed by atoms with Gasteiger partial charge in [0.05, 0.1) is 11.5 Å². The van der Waals surface area contributed by atoms with Crippen LogP contribution in [0.2, 0.25) is 0 Å². The van der Waals surface area contributed by atoms with Gasteiger partial charge in [-0.15, -0.1) is 0 Å². The Kier molecular flexibility index (Phi) is 7.18. The number of aliphatic carboxylic acids is 1. The number of hydrogen-bond donors (Lipinski definition) is 2. The number of carbonyl (C=O) groups is 2. The first kappa shape index (κ1) is 25.5. The highest BCUT2D eigenvalue weighted by Gasteiger charge is 2.40. The lowest BCUT2D eigenvalue weighted by molar-refractivity contribution is -0.141. The van der Waals surface area contributed by atoms with Crippen LogP contribution in [0.15, 0.2) is 65.7 Å². The number of rotatable bonds is 7. The Labute approximate surface area is 210 Å². The number of carboxylic acids is 1. The second-order valence-electron chi connectivity index (χ2n) is 9.23. The fourth-order valence-corrected chi connectivity index (χ4v) is 5.72. The molecule has 1 aromatic heterocycles. The SMILES string of the molecule is CC(C)COC(=O)Nc1ccc(-c2ccc(S(=O)(=O)N3Cc4ccn(C)c4C[C@@H]3C(=O)O)cc2)cc1. The molecule has 1 amide bonds. The highest BCUT2D eigenvalue weighted by molar-refractivity contribution is 7.89. The number of ether oxygens (including phenoxy) is 1. The van der Waals surface area contributed by atoms with E-state index >= 15 is 0 Å². The molecular weight excluding hydrogens is 482 g/mol. The molecule has 0 aliphatic carbocycles. The van der Waals surface area contributed by atoms with E-state index in [1.807, 2.05) is 49.9 Å². The fraction of sp³-hybridized carbons (Fsp3) is 0.308. The molecule has 3 aromatic rings. The molecule has 9 nitrogen and oxygen atoms in total. The maximum absolute atomic E-state index is 13.4. The van der Waals surface area contributed by atoms with Gasteiger partial charge < -0.3 is 14.4 Å². The fourth-order valence-electron chi connectivity index (χ4n) is 4.16. The highest BCUT2D eigenvalue weighted by atomic mass is 32.2. The van der Waals surface area contributed by atoms with Crippen LogP contribution in [-0.2, 0) is 39.6 Å². The van der Waals surface area contributed by atoms with Crippen molar-refractivity contribution >= 4 is 27.8 Å².